The fourth-order valence-electron chi connectivity index (χ4n) is 3.54. The van der Waals surface area contributed by atoms with Gasteiger partial charge in [-0.05, 0) is 57.5 Å². The topological polar surface area (TPSA) is 46.0 Å². The van der Waals surface area contributed by atoms with Crippen molar-refractivity contribution in [3.8, 4) is 16.9 Å². The van der Waals surface area contributed by atoms with Gasteiger partial charge in [0.15, 0.2) is 5.13 Å². The van der Waals surface area contributed by atoms with Crippen molar-refractivity contribution in [2.45, 2.75) is 27.7 Å². The molecule has 5 nitrogen and oxygen atoms in total. The maximum absolute atomic E-state index is 14.7. The van der Waals surface area contributed by atoms with E-state index in [4.69, 9.17) is 0 Å². The van der Waals surface area contributed by atoms with Gasteiger partial charge in [0.25, 0.3) is 0 Å². The van der Waals surface area contributed by atoms with E-state index in [-0.39, 0.29) is 5.82 Å². The van der Waals surface area contributed by atoms with Crippen molar-refractivity contribution in [3.05, 3.63) is 71.4 Å². The van der Waals surface area contributed by atoms with Crippen LogP contribution in [0.25, 0.3) is 16.9 Å². The largest absolute Gasteiger partial charge is 0.372 e. The third kappa shape index (κ3) is 4.46. The van der Waals surface area contributed by atoms with Crippen LogP contribution >= 0.6 is 11.3 Å². The van der Waals surface area contributed by atoms with Gasteiger partial charge in [0, 0.05) is 41.6 Å². The van der Waals surface area contributed by atoms with Crippen LogP contribution in [0.5, 0.6) is 0 Å². The molecule has 2 aromatic carbocycles. The Morgan fingerprint density at radius 1 is 1.10 bits per heavy atom. The highest BCUT2D eigenvalue weighted by molar-refractivity contribution is 7.14. The zero-order valence-corrected chi connectivity index (χ0v) is 19.0. The van der Waals surface area contributed by atoms with Crippen LogP contribution in [0.1, 0.15) is 25.1 Å². The maximum Gasteiger partial charge on any atom is 0.187 e. The van der Waals surface area contributed by atoms with Crippen LogP contribution in [0.15, 0.2) is 54.3 Å². The van der Waals surface area contributed by atoms with Crippen molar-refractivity contribution in [1.82, 2.24) is 14.5 Å². The molecule has 0 saturated heterocycles. The number of anilines is 3. The molecule has 0 aliphatic rings. The number of aromatic nitrogens is 3. The van der Waals surface area contributed by atoms with Crippen LogP contribution in [0.2, 0.25) is 0 Å². The molecule has 0 aliphatic heterocycles. The summed E-state index contributed by atoms with van der Waals surface area (Å²) in [6.45, 7) is 10.2. The smallest absolute Gasteiger partial charge is 0.187 e. The quantitative estimate of drug-likeness (QED) is 0.368. The average molecular weight is 436 g/mol. The minimum Gasteiger partial charge on any atom is -0.372 e. The van der Waals surface area contributed by atoms with E-state index < -0.39 is 0 Å². The second kappa shape index (κ2) is 8.89. The second-order valence-corrected chi connectivity index (χ2v) is 8.28. The van der Waals surface area contributed by atoms with E-state index in [0.717, 1.165) is 46.4 Å². The molecule has 1 N–H and O–H groups in total. The SMILES string of the molecule is CCN(CC)c1ccc(C)c(Nc2nc(-c3ccc(-n4cnc(C)c4)c(F)c3)cs2)c1. The fourth-order valence-corrected chi connectivity index (χ4v) is 4.27. The summed E-state index contributed by atoms with van der Waals surface area (Å²) in [5.41, 5.74) is 6.18. The minimum absolute atomic E-state index is 0.305. The number of halogens is 1. The molecule has 2 heterocycles. The van der Waals surface area contributed by atoms with E-state index in [1.54, 1.807) is 23.2 Å². The second-order valence-electron chi connectivity index (χ2n) is 7.42. The summed E-state index contributed by atoms with van der Waals surface area (Å²) in [4.78, 5) is 11.2. The Bertz CT molecular complexity index is 1190. The number of thiazole rings is 1. The summed E-state index contributed by atoms with van der Waals surface area (Å²) in [7, 11) is 0. The Labute approximate surface area is 186 Å². The van der Waals surface area contributed by atoms with Crippen LogP contribution in [0, 0.1) is 19.7 Å². The molecular weight excluding hydrogens is 409 g/mol. The van der Waals surface area contributed by atoms with Crippen LogP contribution < -0.4 is 10.2 Å². The highest BCUT2D eigenvalue weighted by Gasteiger charge is 2.12. The lowest BCUT2D eigenvalue weighted by molar-refractivity contribution is 0.618. The van der Waals surface area contributed by atoms with E-state index in [2.05, 4.69) is 59.2 Å². The molecule has 31 heavy (non-hydrogen) atoms. The number of aryl methyl sites for hydroxylation is 2. The predicted molar refractivity (Wildman–Crippen MR) is 127 cm³/mol. The first-order chi connectivity index (χ1) is 15.0. The van der Waals surface area contributed by atoms with Gasteiger partial charge in [0.2, 0.25) is 0 Å². The molecule has 4 aromatic rings. The number of nitrogens with zero attached hydrogens (tertiary/aromatic N) is 4. The van der Waals surface area contributed by atoms with E-state index >= 15 is 0 Å². The van der Waals surface area contributed by atoms with Gasteiger partial charge in [-0.25, -0.2) is 14.4 Å². The standard InChI is InChI=1S/C24H26FN5S/c1-5-29(6-2)19-9-7-16(3)21(12-19)27-24-28-22(14-31-24)18-8-10-23(20(25)11-18)30-13-17(4)26-15-30/h7-15H,5-6H2,1-4H3,(H,27,28). The molecule has 7 heteroatoms. The fraction of sp³-hybridized carbons (Fsp3) is 0.250. The Kier molecular flexibility index (Phi) is 6.04. The molecule has 160 valence electrons. The van der Waals surface area contributed by atoms with E-state index in [9.17, 15) is 4.39 Å². The zero-order valence-electron chi connectivity index (χ0n) is 18.2. The van der Waals surface area contributed by atoms with Crippen LogP contribution in [0.4, 0.5) is 20.9 Å². The Hall–Kier alpha value is -3.19. The average Bonchev–Trinajstić information content (AvgIpc) is 3.40. The van der Waals surface area contributed by atoms with Gasteiger partial charge in [-0.15, -0.1) is 11.3 Å². The number of imidazole rings is 1. The maximum atomic E-state index is 14.7. The van der Waals surface area contributed by atoms with Gasteiger partial charge in [-0.3, -0.25) is 0 Å². The normalized spacial score (nSPS) is 11.0. The first-order valence-corrected chi connectivity index (χ1v) is 11.3. The molecular formula is C24H26FN5S. The molecule has 0 atom stereocenters. The van der Waals surface area contributed by atoms with Crippen molar-refractivity contribution in [3.63, 3.8) is 0 Å². The Balaban J connectivity index is 1.56. The number of hydrogen-bond donors (Lipinski definition) is 1. The molecule has 0 amide bonds. The molecule has 0 spiro atoms. The highest BCUT2D eigenvalue weighted by atomic mass is 32.1. The Morgan fingerprint density at radius 3 is 2.58 bits per heavy atom. The molecule has 0 fully saturated rings. The van der Waals surface area contributed by atoms with Gasteiger partial charge in [0.1, 0.15) is 5.82 Å². The van der Waals surface area contributed by atoms with Gasteiger partial charge >= 0.3 is 0 Å². The minimum atomic E-state index is -0.305. The number of rotatable bonds is 7. The van der Waals surface area contributed by atoms with Crippen molar-refractivity contribution in [1.29, 1.82) is 0 Å². The van der Waals surface area contributed by atoms with Gasteiger partial charge in [0.05, 0.1) is 23.4 Å². The first kappa shape index (κ1) is 21.1. The summed E-state index contributed by atoms with van der Waals surface area (Å²) < 4.78 is 16.4. The van der Waals surface area contributed by atoms with Crippen molar-refractivity contribution in [2.75, 3.05) is 23.3 Å². The highest BCUT2D eigenvalue weighted by Crippen LogP contribution is 2.31. The summed E-state index contributed by atoms with van der Waals surface area (Å²) in [5, 5.41) is 6.16. The predicted octanol–water partition coefficient (Wildman–Crippen LogP) is 6.34. The van der Waals surface area contributed by atoms with Crippen molar-refractivity contribution >= 4 is 27.8 Å². The number of nitrogens with one attached hydrogen (secondary N) is 1. The summed E-state index contributed by atoms with van der Waals surface area (Å²) in [5.74, 6) is -0.305. The third-order valence-electron chi connectivity index (χ3n) is 5.33. The molecule has 4 rings (SSSR count). The Morgan fingerprint density at radius 2 is 1.90 bits per heavy atom. The lowest BCUT2D eigenvalue weighted by Gasteiger charge is -2.22. The molecule has 0 bridgehead atoms. The molecule has 0 saturated carbocycles. The lowest BCUT2D eigenvalue weighted by atomic mass is 10.1. The van der Waals surface area contributed by atoms with Crippen molar-refractivity contribution in [2.24, 2.45) is 0 Å². The van der Waals surface area contributed by atoms with Gasteiger partial charge < -0.3 is 14.8 Å². The molecule has 2 aromatic heterocycles. The molecule has 0 aliphatic carbocycles. The number of hydrogen-bond acceptors (Lipinski definition) is 5. The molecule has 0 unspecified atom stereocenters. The summed E-state index contributed by atoms with van der Waals surface area (Å²) >= 11 is 1.51. The van der Waals surface area contributed by atoms with Crippen LogP contribution in [-0.4, -0.2) is 27.6 Å². The monoisotopic (exact) mass is 435 g/mol. The van der Waals surface area contributed by atoms with Crippen LogP contribution in [0.3, 0.4) is 0 Å². The third-order valence-corrected chi connectivity index (χ3v) is 6.09. The first-order valence-electron chi connectivity index (χ1n) is 10.4. The van der Waals surface area contributed by atoms with E-state index in [0.29, 0.717) is 5.69 Å². The summed E-state index contributed by atoms with van der Waals surface area (Å²) in [6, 6.07) is 11.6. The number of benzene rings is 2. The van der Waals surface area contributed by atoms with Gasteiger partial charge in [-0.1, -0.05) is 12.1 Å². The van der Waals surface area contributed by atoms with E-state index in [1.165, 1.54) is 23.1 Å². The van der Waals surface area contributed by atoms with Gasteiger partial charge in [-0.2, -0.15) is 0 Å². The lowest BCUT2D eigenvalue weighted by Crippen LogP contribution is -2.21. The summed E-state index contributed by atoms with van der Waals surface area (Å²) in [6.07, 6.45) is 3.42. The zero-order chi connectivity index (χ0) is 22.0. The van der Waals surface area contributed by atoms with Crippen LogP contribution in [-0.2, 0) is 0 Å². The molecule has 0 radical (unpaired) electrons. The van der Waals surface area contributed by atoms with E-state index in [1.807, 2.05) is 18.4 Å². The van der Waals surface area contributed by atoms with Crippen molar-refractivity contribution < 1.29 is 4.39 Å².